The summed E-state index contributed by atoms with van der Waals surface area (Å²) >= 11 is 0. The molecule has 0 bridgehead atoms. The van der Waals surface area contributed by atoms with Crippen molar-refractivity contribution in [3.05, 3.63) is 0 Å². The van der Waals surface area contributed by atoms with Gasteiger partial charge in [-0.1, -0.05) is 6.92 Å². The lowest BCUT2D eigenvalue weighted by atomic mass is 10.3. The van der Waals surface area contributed by atoms with Crippen molar-refractivity contribution in [3.63, 3.8) is 0 Å². The molecule has 0 radical (unpaired) electrons. The Bertz CT molecular complexity index is 172. The van der Waals surface area contributed by atoms with Gasteiger partial charge in [-0.15, -0.1) is 0 Å². The van der Waals surface area contributed by atoms with Crippen LogP contribution in [0.5, 0.6) is 0 Å². The van der Waals surface area contributed by atoms with Gasteiger partial charge in [-0.05, 0) is 25.3 Å². The van der Waals surface area contributed by atoms with E-state index in [2.05, 4.69) is 22.0 Å². The standard InChI is InChI=1S/C12H25N3/c1-2-13-5-6-14-7-9-15(10-8-14)11-12-3-4-12/h12-13H,2-11H2,1H3. The molecule has 2 aliphatic rings. The first kappa shape index (κ1) is 11.4. The van der Waals surface area contributed by atoms with Crippen LogP contribution in [0.3, 0.4) is 0 Å². The van der Waals surface area contributed by atoms with E-state index in [9.17, 15) is 0 Å². The Morgan fingerprint density at radius 2 is 1.73 bits per heavy atom. The molecule has 0 aromatic heterocycles. The molecule has 0 aromatic rings. The van der Waals surface area contributed by atoms with Crippen LogP contribution in [-0.4, -0.2) is 62.2 Å². The molecule has 1 aliphatic carbocycles. The van der Waals surface area contributed by atoms with Crippen LogP contribution in [0, 0.1) is 5.92 Å². The highest BCUT2D eigenvalue weighted by Crippen LogP contribution is 2.29. The van der Waals surface area contributed by atoms with Crippen LogP contribution in [0.1, 0.15) is 19.8 Å². The smallest absolute Gasteiger partial charge is 0.0110 e. The Morgan fingerprint density at radius 1 is 1.07 bits per heavy atom. The van der Waals surface area contributed by atoms with Gasteiger partial charge in [0, 0.05) is 45.8 Å². The third kappa shape index (κ3) is 4.09. The fourth-order valence-corrected chi connectivity index (χ4v) is 2.27. The van der Waals surface area contributed by atoms with Crippen LogP contribution in [0.15, 0.2) is 0 Å². The summed E-state index contributed by atoms with van der Waals surface area (Å²) in [7, 11) is 0. The number of piperazine rings is 1. The van der Waals surface area contributed by atoms with Crippen molar-refractivity contribution in [3.8, 4) is 0 Å². The van der Waals surface area contributed by atoms with E-state index >= 15 is 0 Å². The minimum Gasteiger partial charge on any atom is -0.316 e. The monoisotopic (exact) mass is 211 g/mol. The number of hydrogen-bond acceptors (Lipinski definition) is 3. The molecule has 1 saturated carbocycles. The number of nitrogens with zero attached hydrogens (tertiary/aromatic N) is 2. The van der Waals surface area contributed by atoms with Crippen LogP contribution in [0.4, 0.5) is 0 Å². The largest absolute Gasteiger partial charge is 0.316 e. The van der Waals surface area contributed by atoms with Gasteiger partial charge < -0.3 is 10.2 Å². The van der Waals surface area contributed by atoms with E-state index in [4.69, 9.17) is 0 Å². The van der Waals surface area contributed by atoms with Crippen LogP contribution in [-0.2, 0) is 0 Å². The highest BCUT2D eigenvalue weighted by molar-refractivity contribution is 4.80. The van der Waals surface area contributed by atoms with Crippen molar-refractivity contribution >= 4 is 0 Å². The van der Waals surface area contributed by atoms with Gasteiger partial charge in [-0.3, -0.25) is 4.90 Å². The number of hydrogen-bond donors (Lipinski definition) is 1. The Labute approximate surface area is 93.8 Å². The molecule has 1 N–H and O–H groups in total. The zero-order chi connectivity index (χ0) is 10.5. The zero-order valence-corrected chi connectivity index (χ0v) is 10.0. The zero-order valence-electron chi connectivity index (χ0n) is 10.0. The van der Waals surface area contributed by atoms with Gasteiger partial charge in [-0.25, -0.2) is 0 Å². The molecule has 0 spiro atoms. The predicted molar refractivity (Wildman–Crippen MR) is 64.1 cm³/mol. The molecule has 88 valence electrons. The Morgan fingerprint density at radius 3 is 2.33 bits per heavy atom. The topological polar surface area (TPSA) is 18.5 Å². The Kier molecular flexibility index (Phi) is 4.42. The molecule has 3 heteroatoms. The van der Waals surface area contributed by atoms with Crippen molar-refractivity contribution in [2.24, 2.45) is 5.92 Å². The molecule has 1 heterocycles. The van der Waals surface area contributed by atoms with Gasteiger partial charge in [0.05, 0.1) is 0 Å². The number of nitrogens with one attached hydrogen (secondary N) is 1. The second kappa shape index (κ2) is 5.83. The van der Waals surface area contributed by atoms with Crippen LogP contribution < -0.4 is 5.32 Å². The summed E-state index contributed by atoms with van der Waals surface area (Å²) in [6, 6.07) is 0. The Balaban J connectivity index is 1.54. The molecular formula is C12H25N3. The third-order valence-corrected chi connectivity index (χ3v) is 3.53. The first-order valence-corrected chi connectivity index (χ1v) is 6.54. The van der Waals surface area contributed by atoms with E-state index in [1.54, 1.807) is 0 Å². The second-order valence-corrected chi connectivity index (χ2v) is 4.94. The number of likely N-dealkylation sites (N-methyl/N-ethyl adjacent to an activating group) is 1. The van der Waals surface area contributed by atoms with Gasteiger partial charge in [0.2, 0.25) is 0 Å². The summed E-state index contributed by atoms with van der Waals surface area (Å²) in [6.07, 6.45) is 2.97. The van der Waals surface area contributed by atoms with Crippen LogP contribution in [0.2, 0.25) is 0 Å². The van der Waals surface area contributed by atoms with E-state index in [-0.39, 0.29) is 0 Å². The third-order valence-electron chi connectivity index (χ3n) is 3.53. The molecule has 2 fully saturated rings. The van der Waals surface area contributed by atoms with Crippen molar-refractivity contribution < 1.29 is 0 Å². The highest BCUT2D eigenvalue weighted by atomic mass is 15.3. The van der Waals surface area contributed by atoms with Crippen molar-refractivity contribution in [2.75, 3.05) is 52.4 Å². The molecule has 15 heavy (non-hydrogen) atoms. The quantitative estimate of drug-likeness (QED) is 0.650. The van der Waals surface area contributed by atoms with Gasteiger partial charge in [0.25, 0.3) is 0 Å². The maximum absolute atomic E-state index is 3.39. The maximum Gasteiger partial charge on any atom is 0.0110 e. The molecule has 2 rings (SSSR count). The molecule has 0 amide bonds. The van der Waals surface area contributed by atoms with E-state index in [1.165, 1.54) is 52.1 Å². The molecule has 3 nitrogen and oxygen atoms in total. The van der Waals surface area contributed by atoms with E-state index in [1.807, 2.05) is 0 Å². The highest BCUT2D eigenvalue weighted by Gasteiger charge is 2.26. The molecule has 1 saturated heterocycles. The van der Waals surface area contributed by atoms with E-state index in [0.29, 0.717) is 0 Å². The maximum atomic E-state index is 3.39. The summed E-state index contributed by atoms with van der Waals surface area (Å²) in [5.74, 6) is 1.05. The lowest BCUT2D eigenvalue weighted by Gasteiger charge is -2.34. The molecule has 0 aromatic carbocycles. The van der Waals surface area contributed by atoms with Crippen molar-refractivity contribution in [2.45, 2.75) is 19.8 Å². The fourth-order valence-electron chi connectivity index (χ4n) is 2.27. The van der Waals surface area contributed by atoms with E-state index < -0.39 is 0 Å². The van der Waals surface area contributed by atoms with Crippen LogP contribution >= 0.6 is 0 Å². The first-order valence-electron chi connectivity index (χ1n) is 6.54. The average Bonchev–Trinajstić information content (AvgIpc) is 3.05. The minimum absolute atomic E-state index is 1.05. The summed E-state index contributed by atoms with van der Waals surface area (Å²) in [4.78, 5) is 5.24. The SMILES string of the molecule is CCNCCN1CCN(CC2CC2)CC1. The number of rotatable bonds is 6. The lowest BCUT2D eigenvalue weighted by Crippen LogP contribution is -2.48. The summed E-state index contributed by atoms with van der Waals surface area (Å²) in [6.45, 7) is 12.2. The van der Waals surface area contributed by atoms with Gasteiger partial charge in [0.1, 0.15) is 0 Å². The van der Waals surface area contributed by atoms with Crippen molar-refractivity contribution in [1.29, 1.82) is 0 Å². The van der Waals surface area contributed by atoms with Crippen LogP contribution in [0.25, 0.3) is 0 Å². The Hall–Kier alpha value is -0.120. The summed E-state index contributed by atoms with van der Waals surface area (Å²) < 4.78 is 0. The molecule has 0 atom stereocenters. The van der Waals surface area contributed by atoms with Gasteiger partial charge in [-0.2, -0.15) is 0 Å². The summed E-state index contributed by atoms with van der Waals surface area (Å²) in [5.41, 5.74) is 0. The molecular weight excluding hydrogens is 186 g/mol. The minimum atomic E-state index is 1.05. The van der Waals surface area contributed by atoms with Gasteiger partial charge in [0.15, 0.2) is 0 Å². The first-order chi connectivity index (χ1) is 7.38. The summed E-state index contributed by atoms with van der Waals surface area (Å²) in [5, 5.41) is 3.39. The van der Waals surface area contributed by atoms with Crippen molar-refractivity contribution in [1.82, 2.24) is 15.1 Å². The molecule has 0 unspecified atom stereocenters. The molecule has 1 aliphatic heterocycles. The second-order valence-electron chi connectivity index (χ2n) is 4.94. The lowest BCUT2D eigenvalue weighted by molar-refractivity contribution is 0.129. The normalized spacial score (nSPS) is 24.6. The fraction of sp³-hybridized carbons (Fsp3) is 1.00. The van der Waals surface area contributed by atoms with Gasteiger partial charge >= 0.3 is 0 Å². The average molecular weight is 211 g/mol. The predicted octanol–water partition coefficient (Wildman–Crippen LogP) is 0.624. The van der Waals surface area contributed by atoms with E-state index in [0.717, 1.165) is 19.0 Å².